The van der Waals surface area contributed by atoms with Crippen molar-refractivity contribution in [1.29, 1.82) is 0 Å². The molecule has 0 fully saturated rings. The fraction of sp³-hybridized carbons (Fsp3) is 0.556. The molecule has 0 bridgehead atoms. The third-order valence-electron chi connectivity index (χ3n) is 3.91. The Hall–Kier alpha value is -1.26. The Morgan fingerprint density at radius 1 is 1.48 bits per heavy atom. The zero-order valence-electron chi connectivity index (χ0n) is 16.2. The van der Waals surface area contributed by atoms with E-state index < -0.39 is 0 Å². The molecule has 0 aliphatic carbocycles. The summed E-state index contributed by atoms with van der Waals surface area (Å²) in [6, 6.07) is 3.87. The number of guanidine groups is 1. The maximum atomic E-state index is 6.08. The number of imidazole rings is 1. The molecule has 9 heteroatoms. The summed E-state index contributed by atoms with van der Waals surface area (Å²) in [5, 5.41) is 4.02. The van der Waals surface area contributed by atoms with Crippen LogP contribution in [-0.2, 0) is 24.8 Å². The van der Waals surface area contributed by atoms with Gasteiger partial charge in [-0.2, -0.15) is 0 Å². The van der Waals surface area contributed by atoms with Gasteiger partial charge in [0.15, 0.2) is 5.96 Å². The molecule has 0 aromatic carbocycles. The van der Waals surface area contributed by atoms with E-state index in [2.05, 4.69) is 10.3 Å². The van der Waals surface area contributed by atoms with Crippen molar-refractivity contribution in [3.63, 3.8) is 0 Å². The zero-order valence-corrected chi connectivity index (χ0v) is 19.2. The van der Waals surface area contributed by atoms with E-state index in [0.717, 1.165) is 50.1 Å². The minimum atomic E-state index is 0. The summed E-state index contributed by atoms with van der Waals surface area (Å²) in [6.07, 6.45) is 5.04. The van der Waals surface area contributed by atoms with Gasteiger partial charge in [-0.15, -0.1) is 24.0 Å². The molecule has 0 spiro atoms. The van der Waals surface area contributed by atoms with Crippen molar-refractivity contribution in [1.82, 2.24) is 19.8 Å². The number of nitrogens with one attached hydrogen (secondary N) is 1. The third kappa shape index (κ3) is 8.10. The number of rotatable bonds is 10. The zero-order chi connectivity index (χ0) is 18.8. The molecule has 2 aromatic heterocycles. The van der Waals surface area contributed by atoms with Gasteiger partial charge in [0.1, 0.15) is 16.7 Å². The van der Waals surface area contributed by atoms with Crippen molar-refractivity contribution in [3.8, 4) is 0 Å². The monoisotopic (exact) mass is 509 g/mol. The van der Waals surface area contributed by atoms with Gasteiger partial charge in [0.05, 0.1) is 19.0 Å². The summed E-state index contributed by atoms with van der Waals surface area (Å²) in [7, 11) is 3.89. The van der Waals surface area contributed by atoms with Gasteiger partial charge in [0.2, 0.25) is 0 Å². The molecule has 0 amide bonds. The van der Waals surface area contributed by atoms with E-state index in [9.17, 15) is 0 Å². The highest BCUT2D eigenvalue weighted by atomic mass is 127. The van der Waals surface area contributed by atoms with Crippen LogP contribution in [0.4, 0.5) is 0 Å². The summed E-state index contributed by atoms with van der Waals surface area (Å²) in [5.41, 5.74) is 0. The second kappa shape index (κ2) is 13.0. The lowest BCUT2D eigenvalue weighted by Crippen LogP contribution is -2.40. The van der Waals surface area contributed by atoms with Crippen LogP contribution in [-0.4, -0.2) is 53.8 Å². The van der Waals surface area contributed by atoms with Gasteiger partial charge in [0, 0.05) is 46.8 Å². The quantitative estimate of drug-likeness (QED) is 0.230. The van der Waals surface area contributed by atoms with E-state index >= 15 is 0 Å². The van der Waals surface area contributed by atoms with E-state index in [4.69, 9.17) is 25.7 Å². The van der Waals surface area contributed by atoms with Crippen LogP contribution in [0.5, 0.6) is 0 Å². The first-order valence-electron chi connectivity index (χ1n) is 8.87. The van der Waals surface area contributed by atoms with E-state index in [0.29, 0.717) is 18.2 Å². The molecule has 0 saturated heterocycles. The summed E-state index contributed by atoms with van der Waals surface area (Å²) in [5.74, 6) is 2.66. The molecular weight excluding hydrogens is 481 g/mol. The first-order chi connectivity index (χ1) is 12.6. The summed E-state index contributed by atoms with van der Waals surface area (Å²) < 4.78 is 12.6. The third-order valence-corrected chi connectivity index (χ3v) is 4.27. The number of aliphatic imine (C=N–C) groups is 1. The molecule has 0 saturated carbocycles. The molecule has 1 N–H and O–H groups in total. The lowest BCUT2D eigenvalue weighted by Gasteiger charge is -2.22. The molecule has 0 atom stereocenters. The second-order valence-electron chi connectivity index (χ2n) is 5.92. The largest absolute Gasteiger partial charge is 0.469 e. The number of halogens is 2. The number of hydrogen-bond acceptors (Lipinski definition) is 4. The van der Waals surface area contributed by atoms with E-state index in [-0.39, 0.29) is 24.0 Å². The highest BCUT2D eigenvalue weighted by Crippen LogP contribution is 2.10. The number of furan rings is 1. The minimum absolute atomic E-state index is 0. The molecule has 7 nitrogen and oxygen atoms in total. The van der Waals surface area contributed by atoms with Crippen molar-refractivity contribution in [2.75, 3.05) is 33.4 Å². The minimum Gasteiger partial charge on any atom is -0.469 e. The SMILES string of the molecule is CCOCCCN=C(NCCc1ccco1)N(C)Cc1ncc(Cl)n1C.I. The smallest absolute Gasteiger partial charge is 0.194 e. The number of hydrogen-bond donors (Lipinski definition) is 1. The first kappa shape index (κ1) is 23.8. The molecule has 2 aromatic rings. The van der Waals surface area contributed by atoms with Crippen molar-refractivity contribution < 1.29 is 9.15 Å². The highest BCUT2D eigenvalue weighted by Gasteiger charge is 2.12. The topological polar surface area (TPSA) is 67.8 Å². The Labute approximate surface area is 183 Å². The van der Waals surface area contributed by atoms with Crippen molar-refractivity contribution in [2.24, 2.45) is 12.0 Å². The normalized spacial score (nSPS) is 11.3. The maximum Gasteiger partial charge on any atom is 0.194 e. The van der Waals surface area contributed by atoms with Gasteiger partial charge in [-0.3, -0.25) is 4.99 Å². The van der Waals surface area contributed by atoms with Crippen LogP contribution in [0.15, 0.2) is 34.0 Å². The van der Waals surface area contributed by atoms with Crippen molar-refractivity contribution >= 4 is 41.5 Å². The lowest BCUT2D eigenvalue weighted by atomic mass is 10.3. The second-order valence-corrected chi connectivity index (χ2v) is 6.31. The maximum absolute atomic E-state index is 6.08. The molecule has 0 radical (unpaired) electrons. The van der Waals surface area contributed by atoms with Gasteiger partial charge >= 0.3 is 0 Å². The van der Waals surface area contributed by atoms with E-state index in [1.165, 1.54) is 0 Å². The standard InChI is InChI=1S/C18H28ClN5O2.HI/c1-4-25-11-6-9-20-18(21-10-8-15-7-5-12-26-15)23(2)14-17-22-13-16(19)24(17)3;/h5,7,12-13H,4,6,8-11,14H2,1-3H3,(H,20,21);1H. The Morgan fingerprint density at radius 2 is 2.30 bits per heavy atom. The Morgan fingerprint density at radius 3 is 2.93 bits per heavy atom. The summed E-state index contributed by atoms with van der Waals surface area (Å²) in [4.78, 5) is 11.1. The fourth-order valence-electron chi connectivity index (χ4n) is 2.42. The van der Waals surface area contributed by atoms with E-state index in [1.54, 1.807) is 12.5 Å². The number of ether oxygens (including phenoxy) is 1. The predicted octanol–water partition coefficient (Wildman–Crippen LogP) is 3.33. The van der Waals surface area contributed by atoms with Crippen LogP contribution >= 0.6 is 35.6 Å². The fourth-order valence-corrected chi connectivity index (χ4v) is 2.56. The predicted molar refractivity (Wildman–Crippen MR) is 119 cm³/mol. The van der Waals surface area contributed by atoms with Gasteiger partial charge < -0.3 is 23.9 Å². The molecule has 152 valence electrons. The average molecular weight is 510 g/mol. The van der Waals surface area contributed by atoms with Crippen LogP contribution in [0.3, 0.4) is 0 Å². The molecule has 0 unspecified atom stereocenters. The Balaban J connectivity index is 0.00000364. The summed E-state index contributed by atoms with van der Waals surface area (Å²) in [6.45, 7) is 5.51. The molecular formula is C18H29ClIN5O2. The van der Waals surface area contributed by atoms with Crippen LogP contribution in [0.25, 0.3) is 0 Å². The van der Waals surface area contributed by atoms with E-state index in [1.807, 2.05) is 42.6 Å². The van der Waals surface area contributed by atoms with Crippen LogP contribution in [0.1, 0.15) is 24.9 Å². The molecule has 0 aliphatic heterocycles. The summed E-state index contributed by atoms with van der Waals surface area (Å²) >= 11 is 6.08. The van der Waals surface area contributed by atoms with Crippen LogP contribution < -0.4 is 5.32 Å². The van der Waals surface area contributed by atoms with Gasteiger partial charge in [-0.1, -0.05) is 11.6 Å². The molecule has 2 heterocycles. The van der Waals surface area contributed by atoms with Gasteiger partial charge in [-0.05, 0) is 25.5 Å². The molecule has 0 aliphatic rings. The highest BCUT2D eigenvalue weighted by molar-refractivity contribution is 14.0. The lowest BCUT2D eigenvalue weighted by molar-refractivity contribution is 0.146. The van der Waals surface area contributed by atoms with Crippen LogP contribution in [0.2, 0.25) is 5.15 Å². The van der Waals surface area contributed by atoms with Gasteiger partial charge in [0.25, 0.3) is 0 Å². The van der Waals surface area contributed by atoms with Crippen LogP contribution in [0, 0.1) is 0 Å². The molecule has 27 heavy (non-hydrogen) atoms. The number of nitrogens with zero attached hydrogens (tertiary/aromatic N) is 4. The Bertz CT molecular complexity index is 675. The number of aromatic nitrogens is 2. The Kier molecular flexibility index (Phi) is 11.5. The van der Waals surface area contributed by atoms with Crippen molar-refractivity contribution in [3.05, 3.63) is 41.3 Å². The average Bonchev–Trinajstić information content (AvgIpc) is 3.25. The first-order valence-corrected chi connectivity index (χ1v) is 9.25. The van der Waals surface area contributed by atoms with Gasteiger partial charge in [-0.25, -0.2) is 4.98 Å². The molecule has 2 rings (SSSR count). The van der Waals surface area contributed by atoms with Crippen molar-refractivity contribution in [2.45, 2.75) is 26.3 Å².